The van der Waals surface area contributed by atoms with Gasteiger partial charge in [0, 0.05) is 19.6 Å². The molecule has 0 N–H and O–H groups in total. The van der Waals surface area contributed by atoms with Crippen LogP contribution in [0.15, 0.2) is 68.1 Å². The van der Waals surface area contributed by atoms with Gasteiger partial charge >= 0.3 is 0 Å². The van der Waals surface area contributed by atoms with Crippen LogP contribution >= 0.6 is 23.5 Å². The highest BCUT2D eigenvalue weighted by Crippen LogP contribution is 2.47. The topological polar surface area (TPSA) is 0 Å². The highest BCUT2D eigenvalue weighted by atomic mass is 32.2. The van der Waals surface area contributed by atoms with E-state index in [9.17, 15) is 0 Å². The third-order valence-electron chi connectivity index (χ3n) is 2.14. The minimum absolute atomic E-state index is 0.500. The fraction of sp³-hybridized carbons (Fsp3) is 0.294. The first kappa shape index (κ1) is 14.5. The third kappa shape index (κ3) is 4.63. The van der Waals surface area contributed by atoms with E-state index in [-0.39, 0.29) is 0 Å². The van der Waals surface area contributed by atoms with Crippen LogP contribution in [0.2, 0.25) is 0 Å². The molecule has 0 nitrogen and oxygen atoms in total. The maximum atomic E-state index is 2.19. The van der Waals surface area contributed by atoms with Crippen LogP contribution in [-0.2, 0) is 0 Å². The molecule has 0 saturated carbocycles. The van der Waals surface area contributed by atoms with Crippen LogP contribution in [0.5, 0.6) is 0 Å². The molecule has 0 radical (unpaired) electrons. The average molecular weight is 288 g/mol. The summed E-state index contributed by atoms with van der Waals surface area (Å²) < 4.78 is 0. The summed E-state index contributed by atoms with van der Waals surface area (Å²) in [6.07, 6.45) is 0. The number of rotatable bonds is 0. The molecule has 0 amide bonds. The molecule has 100 valence electrons. The molecule has 2 aromatic rings. The number of fused-ring (bicyclic) bond motifs is 2. The van der Waals surface area contributed by atoms with Gasteiger partial charge in [-0.05, 0) is 29.7 Å². The summed E-state index contributed by atoms with van der Waals surface area (Å²) in [5.41, 5.74) is 0.500. The van der Waals surface area contributed by atoms with Crippen molar-refractivity contribution in [1.29, 1.82) is 0 Å². The van der Waals surface area contributed by atoms with E-state index in [1.807, 2.05) is 23.5 Å². The van der Waals surface area contributed by atoms with E-state index in [4.69, 9.17) is 0 Å². The van der Waals surface area contributed by atoms with Crippen LogP contribution in [0.1, 0.15) is 27.7 Å². The molecule has 1 aliphatic heterocycles. The number of hydrogen-bond acceptors (Lipinski definition) is 2. The van der Waals surface area contributed by atoms with Crippen molar-refractivity contribution in [1.82, 2.24) is 0 Å². The lowest BCUT2D eigenvalue weighted by atomic mass is 10.0. The molecule has 0 fully saturated rings. The van der Waals surface area contributed by atoms with Crippen molar-refractivity contribution in [2.75, 3.05) is 0 Å². The van der Waals surface area contributed by atoms with Crippen molar-refractivity contribution in [2.24, 2.45) is 5.41 Å². The summed E-state index contributed by atoms with van der Waals surface area (Å²) in [7, 11) is 0. The van der Waals surface area contributed by atoms with Gasteiger partial charge in [-0.15, -0.1) is 0 Å². The predicted octanol–water partition coefficient (Wildman–Crippen LogP) is 6.35. The van der Waals surface area contributed by atoms with Gasteiger partial charge in [0.05, 0.1) is 0 Å². The molecule has 2 aromatic carbocycles. The quantitative estimate of drug-likeness (QED) is 0.472. The number of hydrogen-bond donors (Lipinski definition) is 0. The Bertz CT molecular complexity index is 460. The monoisotopic (exact) mass is 288 g/mol. The summed E-state index contributed by atoms with van der Waals surface area (Å²) in [6, 6.07) is 17.1. The first-order valence-electron chi connectivity index (χ1n) is 6.47. The summed E-state index contributed by atoms with van der Waals surface area (Å²) in [5.74, 6) is 0. The maximum absolute atomic E-state index is 2.19. The molecule has 19 heavy (non-hydrogen) atoms. The molecule has 1 aliphatic rings. The standard InChI is InChI=1S/C12H8S2.C5H12/c1-2-6-10-9(5-1)13-11-7-3-4-8-12(11)14-10;1-5(2,3)4/h1-8H;1-4H3. The number of benzene rings is 2. The summed E-state index contributed by atoms with van der Waals surface area (Å²) in [6.45, 7) is 8.75. The zero-order valence-corrected chi connectivity index (χ0v) is 13.6. The molecule has 0 aromatic heterocycles. The van der Waals surface area contributed by atoms with Crippen molar-refractivity contribution >= 4 is 23.5 Å². The molecule has 0 spiro atoms. The van der Waals surface area contributed by atoms with Gasteiger partial charge < -0.3 is 0 Å². The SMILES string of the molecule is CC(C)(C)C.c1ccc2c(c1)Sc1ccccc1S2. The fourth-order valence-electron chi connectivity index (χ4n) is 1.47. The molecular weight excluding hydrogens is 268 g/mol. The van der Waals surface area contributed by atoms with Gasteiger partial charge in [-0.3, -0.25) is 0 Å². The van der Waals surface area contributed by atoms with E-state index in [2.05, 4.69) is 76.2 Å². The van der Waals surface area contributed by atoms with Crippen molar-refractivity contribution in [2.45, 2.75) is 47.3 Å². The Balaban J connectivity index is 0.000000232. The van der Waals surface area contributed by atoms with E-state index in [0.29, 0.717) is 5.41 Å². The molecule has 0 unspecified atom stereocenters. The Kier molecular flexibility index (Phi) is 4.64. The van der Waals surface area contributed by atoms with Gasteiger partial charge in [0.15, 0.2) is 0 Å². The van der Waals surface area contributed by atoms with Crippen molar-refractivity contribution in [3.8, 4) is 0 Å². The molecule has 2 heteroatoms. The third-order valence-corrected chi connectivity index (χ3v) is 4.70. The average Bonchev–Trinajstić information content (AvgIpc) is 2.34. The molecule has 0 aliphatic carbocycles. The molecule has 1 heterocycles. The highest BCUT2D eigenvalue weighted by Gasteiger charge is 2.14. The summed E-state index contributed by atoms with van der Waals surface area (Å²) in [4.78, 5) is 5.49. The Morgan fingerprint density at radius 3 is 1.00 bits per heavy atom. The molecule has 0 bridgehead atoms. The highest BCUT2D eigenvalue weighted by molar-refractivity contribution is 8.05. The minimum atomic E-state index is 0.500. The van der Waals surface area contributed by atoms with Crippen LogP contribution in [0.4, 0.5) is 0 Å². The zero-order valence-electron chi connectivity index (χ0n) is 11.9. The molecule has 3 rings (SSSR count). The van der Waals surface area contributed by atoms with Gasteiger partial charge in [-0.1, -0.05) is 75.5 Å². The Hall–Kier alpha value is -0.860. The minimum Gasteiger partial charge on any atom is -0.0877 e. The van der Waals surface area contributed by atoms with Crippen molar-refractivity contribution in [3.63, 3.8) is 0 Å². The molecular formula is C17H20S2. The van der Waals surface area contributed by atoms with Crippen LogP contribution in [0.25, 0.3) is 0 Å². The largest absolute Gasteiger partial charge is 0.0877 e. The lowest BCUT2D eigenvalue weighted by Crippen LogP contribution is -1.93. The van der Waals surface area contributed by atoms with Gasteiger partial charge in [0.25, 0.3) is 0 Å². The second-order valence-electron chi connectivity index (χ2n) is 6.10. The first-order chi connectivity index (χ1) is 8.93. The predicted molar refractivity (Wildman–Crippen MR) is 86.3 cm³/mol. The Labute approximate surface area is 125 Å². The van der Waals surface area contributed by atoms with E-state index >= 15 is 0 Å². The normalized spacial score (nSPS) is 12.8. The lowest BCUT2D eigenvalue weighted by Gasteiger charge is -2.17. The second-order valence-corrected chi connectivity index (χ2v) is 8.27. The first-order valence-corrected chi connectivity index (χ1v) is 8.10. The van der Waals surface area contributed by atoms with E-state index < -0.39 is 0 Å². The summed E-state index contributed by atoms with van der Waals surface area (Å²) >= 11 is 3.72. The summed E-state index contributed by atoms with van der Waals surface area (Å²) in [5, 5.41) is 0. The Morgan fingerprint density at radius 1 is 0.579 bits per heavy atom. The van der Waals surface area contributed by atoms with Crippen LogP contribution < -0.4 is 0 Å². The van der Waals surface area contributed by atoms with Crippen molar-refractivity contribution in [3.05, 3.63) is 48.5 Å². The smallest absolute Gasteiger partial charge is 0.0262 e. The van der Waals surface area contributed by atoms with Gasteiger partial charge in [0.2, 0.25) is 0 Å². The molecule has 0 atom stereocenters. The van der Waals surface area contributed by atoms with Crippen LogP contribution in [-0.4, -0.2) is 0 Å². The second kappa shape index (κ2) is 6.06. The van der Waals surface area contributed by atoms with Gasteiger partial charge in [0.1, 0.15) is 0 Å². The van der Waals surface area contributed by atoms with E-state index in [0.717, 1.165) is 0 Å². The van der Waals surface area contributed by atoms with Crippen LogP contribution in [0, 0.1) is 5.41 Å². The zero-order chi connectivity index (χ0) is 13.9. The van der Waals surface area contributed by atoms with Crippen LogP contribution in [0.3, 0.4) is 0 Å². The van der Waals surface area contributed by atoms with Gasteiger partial charge in [-0.2, -0.15) is 0 Å². The lowest BCUT2D eigenvalue weighted by molar-refractivity contribution is 0.469. The maximum Gasteiger partial charge on any atom is 0.0262 e. The van der Waals surface area contributed by atoms with Gasteiger partial charge in [-0.25, -0.2) is 0 Å². The molecule has 0 saturated heterocycles. The fourth-order valence-corrected chi connectivity index (χ4v) is 3.71. The van der Waals surface area contributed by atoms with E-state index in [1.54, 1.807) is 0 Å². The van der Waals surface area contributed by atoms with Crippen molar-refractivity contribution < 1.29 is 0 Å². The van der Waals surface area contributed by atoms with E-state index in [1.165, 1.54) is 19.6 Å². The Morgan fingerprint density at radius 2 is 0.789 bits per heavy atom.